The number of tetrazole rings is 1. The summed E-state index contributed by atoms with van der Waals surface area (Å²) in [6.45, 7) is 3.50. The molecule has 0 aliphatic rings. The van der Waals surface area contributed by atoms with Crippen molar-refractivity contribution in [2.75, 3.05) is 0 Å². The van der Waals surface area contributed by atoms with Gasteiger partial charge in [-0.25, -0.2) is 10.1 Å². The van der Waals surface area contributed by atoms with Gasteiger partial charge in [-0.2, -0.15) is 18.3 Å². The summed E-state index contributed by atoms with van der Waals surface area (Å²) in [5, 5.41) is 26.8. The summed E-state index contributed by atoms with van der Waals surface area (Å²) in [4.78, 5) is 12.6. The van der Waals surface area contributed by atoms with E-state index in [1.165, 1.54) is 21.6 Å². The predicted molar refractivity (Wildman–Crippen MR) is 137 cm³/mol. The summed E-state index contributed by atoms with van der Waals surface area (Å²) in [6, 6.07) is 17.4. The Kier molecular flexibility index (Phi) is 6.60. The van der Waals surface area contributed by atoms with E-state index in [4.69, 9.17) is 0 Å². The maximum atomic E-state index is 13.7. The van der Waals surface area contributed by atoms with Gasteiger partial charge < -0.3 is 5.11 Å². The van der Waals surface area contributed by atoms with Crippen LogP contribution in [0.25, 0.3) is 16.6 Å². The standard InChI is InChI=1S/C27H22F3N7O2/c1-16-10-17(2)12-20(11-16)37-22-13-19(27(28,29)30)8-9-21(22)24(26(37)39)25(18-6-4-3-5-7-18)33-32-23(38)14-36-15-31-34-35-36/h3-13,15,39H,14H2,1-2H3,(H,32,38). The zero-order valence-electron chi connectivity index (χ0n) is 20.8. The van der Waals surface area contributed by atoms with Gasteiger partial charge in [0.25, 0.3) is 5.91 Å². The minimum absolute atomic E-state index is 0.131. The molecule has 198 valence electrons. The zero-order chi connectivity index (χ0) is 27.7. The molecule has 5 rings (SSSR count). The summed E-state index contributed by atoms with van der Waals surface area (Å²) in [5.74, 6) is -0.876. The van der Waals surface area contributed by atoms with E-state index in [-0.39, 0.29) is 29.2 Å². The molecule has 0 unspecified atom stereocenters. The first-order valence-electron chi connectivity index (χ1n) is 11.8. The van der Waals surface area contributed by atoms with E-state index in [0.717, 1.165) is 23.3 Å². The molecule has 3 aromatic carbocycles. The first kappa shape index (κ1) is 25.6. The Morgan fingerprint density at radius 2 is 1.74 bits per heavy atom. The number of carbonyl (C=O) groups excluding carboxylic acids is 1. The third kappa shape index (κ3) is 5.21. The number of hydrogen-bond acceptors (Lipinski definition) is 6. The highest BCUT2D eigenvalue weighted by molar-refractivity contribution is 6.21. The van der Waals surface area contributed by atoms with E-state index in [2.05, 4.69) is 26.1 Å². The predicted octanol–water partition coefficient (Wildman–Crippen LogP) is 4.53. The lowest BCUT2D eigenvalue weighted by Crippen LogP contribution is -2.25. The van der Waals surface area contributed by atoms with Gasteiger partial charge in [0.2, 0.25) is 5.88 Å². The van der Waals surface area contributed by atoms with Crippen LogP contribution in [0.3, 0.4) is 0 Å². The van der Waals surface area contributed by atoms with Crippen LogP contribution in [-0.2, 0) is 17.5 Å². The minimum Gasteiger partial charge on any atom is -0.494 e. The van der Waals surface area contributed by atoms with Crippen LogP contribution in [0, 0.1) is 13.8 Å². The molecule has 0 fully saturated rings. The molecule has 0 saturated carbocycles. The van der Waals surface area contributed by atoms with Gasteiger partial charge in [0, 0.05) is 16.6 Å². The highest BCUT2D eigenvalue weighted by Crippen LogP contribution is 2.39. The lowest BCUT2D eigenvalue weighted by atomic mass is 10.0. The van der Waals surface area contributed by atoms with Gasteiger partial charge in [-0.1, -0.05) is 42.5 Å². The molecule has 12 heteroatoms. The van der Waals surface area contributed by atoms with Crippen molar-refractivity contribution in [1.82, 2.24) is 30.2 Å². The molecule has 2 N–H and O–H groups in total. The molecule has 0 aliphatic carbocycles. The minimum atomic E-state index is -4.60. The second kappa shape index (κ2) is 10.0. The Morgan fingerprint density at radius 1 is 1.03 bits per heavy atom. The van der Waals surface area contributed by atoms with E-state index in [0.29, 0.717) is 16.6 Å². The number of nitrogens with zero attached hydrogens (tertiary/aromatic N) is 6. The van der Waals surface area contributed by atoms with Crippen LogP contribution in [-0.4, -0.2) is 41.5 Å². The van der Waals surface area contributed by atoms with Gasteiger partial charge in [-0.15, -0.1) is 5.10 Å². The van der Waals surface area contributed by atoms with Gasteiger partial charge in [-0.05, 0) is 59.7 Å². The number of carbonyl (C=O) groups is 1. The van der Waals surface area contributed by atoms with Gasteiger partial charge in [-0.3, -0.25) is 9.36 Å². The topological polar surface area (TPSA) is 110 Å². The number of hydrogen-bond donors (Lipinski definition) is 2. The fourth-order valence-electron chi connectivity index (χ4n) is 4.44. The lowest BCUT2D eigenvalue weighted by molar-refractivity contribution is -0.137. The van der Waals surface area contributed by atoms with Crippen LogP contribution < -0.4 is 5.43 Å². The molecule has 2 heterocycles. The number of hydrazone groups is 1. The Balaban J connectivity index is 1.74. The molecule has 0 saturated heterocycles. The maximum Gasteiger partial charge on any atom is 0.416 e. The number of amides is 1. The molecule has 39 heavy (non-hydrogen) atoms. The summed E-state index contributed by atoms with van der Waals surface area (Å²) in [7, 11) is 0. The van der Waals surface area contributed by atoms with Crippen LogP contribution in [0.4, 0.5) is 13.2 Å². The van der Waals surface area contributed by atoms with Gasteiger partial charge in [0.1, 0.15) is 18.6 Å². The van der Waals surface area contributed by atoms with Crippen LogP contribution in [0.5, 0.6) is 5.88 Å². The Hall–Kier alpha value is -5.00. The molecule has 2 aromatic heterocycles. The van der Waals surface area contributed by atoms with E-state index in [9.17, 15) is 23.1 Å². The third-order valence-electron chi connectivity index (χ3n) is 6.01. The Morgan fingerprint density at radius 3 is 2.38 bits per heavy atom. The first-order valence-corrected chi connectivity index (χ1v) is 11.8. The van der Waals surface area contributed by atoms with Crippen molar-refractivity contribution < 1.29 is 23.1 Å². The van der Waals surface area contributed by atoms with Crippen molar-refractivity contribution in [3.63, 3.8) is 0 Å². The molecule has 9 nitrogen and oxygen atoms in total. The van der Waals surface area contributed by atoms with E-state index < -0.39 is 17.6 Å². The number of rotatable bonds is 6. The number of aromatic nitrogens is 5. The molecule has 0 spiro atoms. The summed E-state index contributed by atoms with van der Waals surface area (Å²) < 4.78 is 43.7. The SMILES string of the molecule is Cc1cc(C)cc(-n2c(O)c(C(=NNC(=O)Cn3cnnn3)c3ccccc3)c3ccc(C(F)(F)F)cc32)c1. The van der Waals surface area contributed by atoms with Gasteiger partial charge in [0.15, 0.2) is 0 Å². The van der Waals surface area contributed by atoms with Crippen molar-refractivity contribution in [2.24, 2.45) is 5.10 Å². The number of nitrogens with one attached hydrogen (secondary N) is 1. The Labute approximate surface area is 220 Å². The smallest absolute Gasteiger partial charge is 0.416 e. The first-order chi connectivity index (χ1) is 18.6. The number of alkyl halides is 3. The van der Waals surface area contributed by atoms with Crippen LogP contribution in [0.1, 0.15) is 27.8 Å². The fraction of sp³-hybridized carbons (Fsp3) is 0.148. The molecule has 5 aromatic rings. The Bertz CT molecular complexity index is 1670. The molecule has 0 aliphatic heterocycles. The number of fused-ring (bicyclic) bond motifs is 1. The number of benzene rings is 3. The van der Waals surface area contributed by atoms with Gasteiger partial charge >= 0.3 is 6.18 Å². The second-order valence-electron chi connectivity index (χ2n) is 8.98. The van der Waals surface area contributed by atoms with E-state index in [1.807, 2.05) is 19.9 Å². The second-order valence-corrected chi connectivity index (χ2v) is 8.98. The van der Waals surface area contributed by atoms with Crippen molar-refractivity contribution in [1.29, 1.82) is 0 Å². The lowest BCUT2D eigenvalue weighted by Gasteiger charge is -2.12. The van der Waals surface area contributed by atoms with Crippen molar-refractivity contribution in [3.05, 3.63) is 101 Å². The molecular formula is C27H22F3N7O2. The third-order valence-corrected chi connectivity index (χ3v) is 6.01. The normalized spacial score (nSPS) is 12.2. The van der Waals surface area contributed by atoms with E-state index >= 15 is 0 Å². The van der Waals surface area contributed by atoms with E-state index in [1.54, 1.807) is 42.5 Å². The maximum absolute atomic E-state index is 13.7. The largest absolute Gasteiger partial charge is 0.494 e. The summed E-state index contributed by atoms with van der Waals surface area (Å²) in [6.07, 6.45) is -3.33. The molecular weight excluding hydrogens is 511 g/mol. The summed E-state index contributed by atoms with van der Waals surface area (Å²) >= 11 is 0. The number of aromatic hydroxyl groups is 1. The van der Waals surface area contributed by atoms with Gasteiger partial charge in [0.05, 0.1) is 16.6 Å². The number of aryl methyl sites for hydroxylation is 2. The average molecular weight is 534 g/mol. The summed E-state index contributed by atoms with van der Waals surface area (Å²) in [5.41, 5.74) is 4.77. The highest BCUT2D eigenvalue weighted by atomic mass is 19.4. The van der Waals surface area contributed by atoms with Crippen LogP contribution >= 0.6 is 0 Å². The average Bonchev–Trinajstić information content (AvgIpc) is 3.49. The van der Waals surface area contributed by atoms with Crippen LogP contribution in [0.2, 0.25) is 0 Å². The van der Waals surface area contributed by atoms with Crippen molar-refractivity contribution >= 4 is 22.5 Å². The molecule has 0 radical (unpaired) electrons. The highest BCUT2D eigenvalue weighted by Gasteiger charge is 2.32. The fourth-order valence-corrected chi connectivity index (χ4v) is 4.44. The molecule has 1 amide bonds. The quantitative estimate of drug-likeness (QED) is 0.246. The van der Waals surface area contributed by atoms with Crippen LogP contribution in [0.15, 0.2) is 78.2 Å². The molecule has 0 atom stereocenters. The van der Waals surface area contributed by atoms with Crippen molar-refractivity contribution in [2.45, 2.75) is 26.6 Å². The van der Waals surface area contributed by atoms with Crippen molar-refractivity contribution in [3.8, 4) is 11.6 Å². The zero-order valence-corrected chi connectivity index (χ0v) is 20.8. The molecule has 0 bridgehead atoms. The number of halogens is 3. The monoisotopic (exact) mass is 533 g/mol.